The molecule has 0 heterocycles. The summed E-state index contributed by atoms with van der Waals surface area (Å²) in [4.78, 5) is 16.6. The summed E-state index contributed by atoms with van der Waals surface area (Å²) in [5.74, 6) is 1.05. The molecule has 1 saturated carbocycles. The van der Waals surface area contributed by atoms with Gasteiger partial charge in [0.2, 0.25) is 0 Å². The van der Waals surface area contributed by atoms with Crippen molar-refractivity contribution < 1.29 is 9.90 Å². The van der Waals surface area contributed by atoms with Crippen molar-refractivity contribution in [2.24, 2.45) is 16.3 Å². The maximum atomic E-state index is 12.0. The van der Waals surface area contributed by atoms with Crippen LogP contribution in [0.1, 0.15) is 59.3 Å². The molecule has 2 rings (SSSR count). The van der Waals surface area contributed by atoms with Gasteiger partial charge in [-0.2, -0.15) is 0 Å². The summed E-state index contributed by atoms with van der Waals surface area (Å²) < 4.78 is 0. The van der Waals surface area contributed by atoms with E-state index in [1.54, 1.807) is 6.21 Å². The van der Waals surface area contributed by atoms with E-state index in [0.29, 0.717) is 24.5 Å². The summed E-state index contributed by atoms with van der Waals surface area (Å²) in [6.45, 7) is 6.30. The number of hydrogen-bond donors (Lipinski definition) is 1. The highest BCUT2D eigenvalue weighted by Crippen LogP contribution is 2.35. The third-order valence-corrected chi connectivity index (χ3v) is 4.30. The van der Waals surface area contributed by atoms with E-state index in [-0.39, 0.29) is 17.0 Å². The van der Waals surface area contributed by atoms with E-state index < -0.39 is 0 Å². The molecule has 0 aromatic rings. The maximum Gasteiger partial charge on any atom is 0.168 e. The molecule has 0 amide bonds. The van der Waals surface area contributed by atoms with Gasteiger partial charge in [0.1, 0.15) is 5.76 Å². The van der Waals surface area contributed by atoms with Crippen LogP contribution in [0, 0.1) is 11.3 Å². The van der Waals surface area contributed by atoms with Crippen LogP contribution in [0.2, 0.25) is 0 Å². The smallest absolute Gasteiger partial charge is 0.168 e. The van der Waals surface area contributed by atoms with E-state index in [9.17, 15) is 9.90 Å². The van der Waals surface area contributed by atoms with Gasteiger partial charge in [-0.3, -0.25) is 9.79 Å². The number of nitrogens with zero attached hydrogens (tertiary/aromatic N) is 1. The number of Topliss-reactive ketones (excluding diaryl/α,β-unsaturated/α-hetero) is 1. The topological polar surface area (TPSA) is 49.7 Å². The molecule has 1 N–H and O–H groups in total. The molecule has 3 heteroatoms. The van der Waals surface area contributed by atoms with Crippen molar-refractivity contribution in [3.05, 3.63) is 11.3 Å². The van der Waals surface area contributed by atoms with Gasteiger partial charge in [-0.05, 0) is 37.0 Å². The van der Waals surface area contributed by atoms with Gasteiger partial charge < -0.3 is 5.11 Å². The highest BCUT2D eigenvalue weighted by Gasteiger charge is 2.32. The average molecular weight is 263 g/mol. The number of aliphatic imine (C=N–C) groups is 1. The highest BCUT2D eigenvalue weighted by molar-refractivity contribution is 6.14. The van der Waals surface area contributed by atoms with Crippen LogP contribution in [0.15, 0.2) is 16.3 Å². The van der Waals surface area contributed by atoms with E-state index in [1.165, 1.54) is 12.8 Å². The van der Waals surface area contributed by atoms with Crippen molar-refractivity contribution in [3.8, 4) is 0 Å². The second-order valence-electron chi connectivity index (χ2n) is 6.99. The zero-order valence-electron chi connectivity index (χ0n) is 12.3. The van der Waals surface area contributed by atoms with Crippen molar-refractivity contribution in [2.75, 3.05) is 0 Å². The van der Waals surface area contributed by atoms with Gasteiger partial charge in [-0.25, -0.2) is 0 Å². The first-order valence-electron chi connectivity index (χ1n) is 7.36. The molecule has 19 heavy (non-hydrogen) atoms. The van der Waals surface area contributed by atoms with Gasteiger partial charge in [0.15, 0.2) is 5.78 Å². The lowest BCUT2D eigenvalue weighted by Crippen LogP contribution is -2.26. The predicted octanol–water partition coefficient (Wildman–Crippen LogP) is 3.84. The van der Waals surface area contributed by atoms with Gasteiger partial charge >= 0.3 is 0 Å². The second kappa shape index (κ2) is 5.48. The minimum absolute atomic E-state index is 0.0293. The standard InChI is InChI=1S/C16H25NO2/c1-11-4-6-12(7-5-11)17-10-13-14(18)8-16(2,3)9-15(13)19/h10-12,18H,4-9H2,1-3H3. The second-order valence-corrected chi connectivity index (χ2v) is 6.99. The quantitative estimate of drug-likeness (QED) is 0.770. The molecule has 0 radical (unpaired) electrons. The third-order valence-electron chi connectivity index (χ3n) is 4.30. The molecule has 0 aliphatic heterocycles. The fourth-order valence-corrected chi connectivity index (χ4v) is 3.02. The molecule has 0 saturated heterocycles. The molecular formula is C16H25NO2. The van der Waals surface area contributed by atoms with Gasteiger partial charge in [0.05, 0.1) is 5.57 Å². The Morgan fingerprint density at radius 1 is 1.21 bits per heavy atom. The van der Waals surface area contributed by atoms with Gasteiger partial charge in [0.25, 0.3) is 0 Å². The van der Waals surface area contributed by atoms with Crippen molar-refractivity contribution in [3.63, 3.8) is 0 Å². The molecular weight excluding hydrogens is 238 g/mol. The van der Waals surface area contributed by atoms with E-state index >= 15 is 0 Å². The molecule has 3 nitrogen and oxygen atoms in total. The summed E-state index contributed by atoms with van der Waals surface area (Å²) in [7, 11) is 0. The largest absolute Gasteiger partial charge is 0.511 e. The number of aliphatic hydroxyl groups is 1. The molecule has 2 aliphatic rings. The zero-order chi connectivity index (χ0) is 14.0. The SMILES string of the molecule is CC1CCC(N=CC2=C(O)CC(C)(C)CC2=O)CC1. The summed E-state index contributed by atoms with van der Waals surface area (Å²) in [5, 5.41) is 10.0. The number of rotatable bonds is 2. The molecule has 0 unspecified atom stereocenters. The Hall–Kier alpha value is -1.12. The van der Waals surface area contributed by atoms with E-state index in [4.69, 9.17) is 0 Å². The molecule has 0 atom stereocenters. The Morgan fingerprint density at radius 2 is 1.84 bits per heavy atom. The average Bonchev–Trinajstić information content (AvgIpc) is 2.29. The fourth-order valence-electron chi connectivity index (χ4n) is 3.02. The van der Waals surface area contributed by atoms with Crippen LogP contribution in [0.25, 0.3) is 0 Å². The number of hydrogen-bond acceptors (Lipinski definition) is 3. The van der Waals surface area contributed by atoms with Gasteiger partial charge in [0, 0.05) is 25.1 Å². The fraction of sp³-hybridized carbons (Fsp3) is 0.750. The highest BCUT2D eigenvalue weighted by atomic mass is 16.3. The number of ketones is 1. The van der Waals surface area contributed by atoms with Crippen LogP contribution < -0.4 is 0 Å². The first-order chi connectivity index (χ1) is 8.87. The van der Waals surface area contributed by atoms with Crippen molar-refractivity contribution in [1.29, 1.82) is 0 Å². The Bertz CT molecular complexity index is 412. The van der Waals surface area contributed by atoms with Crippen molar-refractivity contribution >= 4 is 12.0 Å². The lowest BCUT2D eigenvalue weighted by molar-refractivity contribution is -0.117. The maximum absolute atomic E-state index is 12.0. The summed E-state index contributed by atoms with van der Waals surface area (Å²) in [6, 6.07) is 0.333. The molecule has 2 aliphatic carbocycles. The van der Waals surface area contributed by atoms with E-state index in [1.807, 2.05) is 13.8 Å². The van der Waals surface area contributed by atoms with Crippen LogP contribution in [0.3, 0.4) is 0 Å². The minimum atomic E-state index is -0.126. The van der Waals surface area contributed by atoms with Crippen LogP contribution in [0.4, 0.5) is 0 Å². The van der Waals surface area contributed by atoms with Crippen LogP contribution in [-0.2, 0) is 4.79 Å². The Labute approximate surface area is 115 Å². The van der Waals surface area contributed by atoms with Crippen molar-refractivity contribution in [1.82, 2.24) is 0 Å². The molecule has 106 valence electrons. The van der Waals surface area contributed by atoms with E-state index in [0.717, 1.165) is 18.8 Å². The summed E-state index contributed by atoms with van der Waals surface area (Å²) >= 11 is 0. The number of allylic oxidation sites excluding steroid dienone is 2. The van der Waals surface area contributed by atoms with Crippen LogP contribution >= 0.6 is 0 Å². The Balaban J connectivity index is 2.04. The zero-order valence-corrected chi connectivity index (χ0v) is 12.3. The number of carbonyl (C=O) groups excluding carboxylic acids is 1. The monoisotopic (exact) mass is 263 g/mol. The van der Waals surface area contributed by atoms with Crippen LogP contribution in [-0.4, -0.2) is 23.1 Å². The molecule has 1 fully saturated rings. The lowest BCUT2D eigenvalue weighted by atomic mass is 9.77. The summed E-state index contributed by atoms with van der Waals surface area (Å²) in [5.41, 5.74) is 0.316. The predicted molar refractivity (Wildman–Crippen MR) is 77.6 cm³/mol. The molecule has 0 aromatic heterocycles. The third kappa shape index (κ3) is 3.68. The Kier molecular flexibility index (Phi) is 4.12. The minimum Gasteiger partial charge on any atom is -0.511 e. The van der Waals surface area contributed by atoms with Gasteiger partial charge in [-0.15, -0.1) is 0 Å². The normalized spacial score (nSPS) is 32.1. The lowest BCUT2D eigenvalue weighted by Gasteiger charge is -2.28. The van der Waals surface area contributed by atoms with E-state index in [2.05, 4.69) is 11.9 Å². The molecule has 0 spiro atoms. The Morgan fingerprint density at radius 3 is 2.42 bits per heavy atom. The number of carbonyl (C=O) groups is 1. The van der Waals surface area contributed by atoms with Crippen LogP contribution in [0.5, 0.6) is 0 Å². The first-order valence-corrected chi connectivity index (χ1v) is 7.36. The first kappa shape index (κ1) is 14.3. The molecule has 0 aromatic carbocycles. The molecule has 0 bridgehead atoms. The van der Waals surface area contributed by atoms with Gasteiger partial charge in [-0.1, -0.05) is 20.8 Å². The summed E-state index contributed by atoms with van der Waals surface area (Å²) in [6.07, 6.45) is 7.34. The van der Waals surface area contributed by atoms with Crippen molar-refractivity contribution in [2.45, 2.75) is 65.3 Å². The number of aliphatic hydroxyl groups excluding tert-OH is 1.